The molecule has 134 valence electrons. The van der Waals surface area contributed by atoms with Gasteiger partial charge in [0.15, 0.2) is 0 Å². The first-order chi connectivity index (χ1) is 12.0. The molecular weight excluding hydrogens is 328 g/mol. The highest BCUT2D eigenvalue weighted by molar-refractivity contribution is 7.98. The van der Waals surface area contributed by atoms with Crippen LogP contribution in [-0.4, -0.2) is 36.7 Å². The van der Waals surface area contributed by atoms with E-state index < -0.39 is 0 Å². The van der Waals surface area contributed by atoms with Crippen LogP contribution in [0.5, 0.6) is 0 Å². The molecule has 0 heterocycles. The zero-order chi connectivity index (χ0) is 18.2. The fourth-order valence-corrected chi connectivity index (χ4v) is 3.07. The van der Waals surface area contributed by atoms with E-state index in [0.717, 1.165) is 6.54 Å². The Morgan fingerprint density at radius 1 is 1.08 bits per heavy atom. The van der Waals surface area contributed by atoms with Crippen LogP contribution in [-0.2, 0) is 11.3 Å². The first-order valence-corrected chi connectivity index (χ1v) is 9.89. The normalized spacial score (nSPS) is 13.5. The zero-order valence-electron chi connectivity index (χ0n) is 15.5. The summed E-state index contributed by atoms with van der Waals surface area (Å²) in [4.78, 5) is 15.8. The number of rotatable bonds is 8. The molecule has 25 heavy (non-hydrogen) atoms. The number of likely N-dealkylation sites (N-methyl/N-ethyl adjacent to an activating group) is 1. The van der Waals surface area contributed by atoms with Crippen molar-refractivity contribution in [2.75, 3.05) is 19.8 Å². The number of nitrogens with zero attached hydrogens (tertiary/aromatic N) is 1. The number of carbonyl (C=O) groups excluding carboxylic acids is 1. The number of amides is 1. The summed E-state index contributed by atoms with van der Waals surface area (Å²) in [6.07, 6.45) is 2.07. The van der Waals surface area contributed by atoms with Gasteiger partial charge in [0.05, 0.1) is 6.04 Å². The minimum atomic E-state index is -0.164. The van der Waals surface area contributed by atoms with E-state index in [0.29, 0.717) is 12.5 Å². The third kappa shape index (κ3) is 5.91. The number of thioether (sulfide) groups is 1. The van der Waals surface area contributed by atoms with E-state index in [1.807, 2.05) is 32.2 Å². The molecule has 2 aromatic carbocycles. The van der Waals surface area contributed by atoms with Gasteiger partial charge in [-0.15, -0.1) is 11.8 Å². The van der Waals surface area contributed by atoms with Gasteiger partial charge in [0.25, 0.3) is 0 Å². The highest BCUT2D eigenvalue weighted by atomic mass is 32.2. The topological polar surface area (TPSA) is 32.3 Å². The van der Waals surface area contributed by atoms with Crippen LogP contribution < -0.4 is 5.32 Å². The van der Waals surface area contributed by atoms with E-state index >= 15 is 0 Å². The summed E-state index contributed by atoms with van der Waals surface area (Å²) in [5.74, 6) is 0.382. The summed E-state index contributed by atoms with van der Waals surface area (Å²) in [7, 11) is 1.99. The van der Waals surface area contributed by atoms with E-state index in [4.69, 9.17) is 0 Å². The molecule has 0 spiro atoms. The fraction of sp³-hybridized carbons (Fsp3) is 0.381. The average Bonchev–Trinajstić information content (AvgIpc) is 2.66. The number of benzene rings is 2. The maximum Gasteiger partial charge on any atom is 0.237 e. The van der Waals surface area contributed by atoms with Crippen molar-refractivity contribution >= 4 is 17.7 Å². The first-order valence-electron chi connectivity index (χ1n) is 8.67. The van der Waals surface area contributed by atoms with E-state index in [2.05, 4.69) is 59.8 Å². The van der Waals surface area contributed by atoms with Gasteiger partial charge in [0.1, 0.15) is 0 Å². The third-order valence-corrected chi connectivity index (χ3v) is 5.33. The molecule has 0 fully saturated rings. The van der Waals surface area contributed by atoms with Gasteiger partial charge in [-0.05, 0) is 49.4 Å². The van der Waals surface area contributed by atoms with E-state index in [9.17, 15) is 4.79 Å². The maximum atomic E-state index is 12.5. The lowest BCUT2D eigenvalue weighted by molar-refractivity contribution is -0.125. The van der Waals surface area contributed by atoms with Gasteiger partial charge in [-0.1, -0.05) is 49.4 Å². The van der Waals surface area contributed by atoms with Crippen LogP contribution in [0.4, 0.5) is 0 Å². The maximum absolute atomic E-state index is 12.5. The van der Waals surface area contributed by atoms with E-state index in [-0.39, 0.29) is 11.9 Å². The predicted octanol–water partition coefficient (Wildman–Crippen LogP) is 4.15. The van der Waals surface area contributed by atoms with Crippen LogP contribution in [0.1, 0.15) is 30.9 Å². The molecule has 2 rings (SSSR count). The summed E-state index contributed by atoms with van der Waals surface area (Å²) >= 11 is 1.74. The van der Waals surface area contributed by atoms with Gasteiger partial charge in [-0.2, -0.15) is 0 Å². The summed E-state index contributed by atoms with van der Waals surface area (Å²) in [5, 5.41) is 3.08. The molecule has 4 heteroatoms. The number of hydrogen-bond acceptors (Lipinski definition) is 3. The molecule has 0 aromatic heterocycles. The molecule has 0 saturated heterocycles. The molecule has 2 aromatic rings. The standard InChI is InChI=1S/C21H28N2OS/c1-16(19-8-6-5-7-9-19)14-22-21(24)17(2)23(3)15-18-10-12-20(25-4)13-11-18/h5-13,16-17H,14-15H2,1-4H3,(H,22,24). The molecule has 0 aliphatic carbocycles. The van der Waals surface area contributed by atoms with Crippen LogP contribution in [0.3, 0.4) is 0 Å². The van der Waals surface area contributed by atoms with Gasteiger partial charge in [0, 0.05) is 18.0 Å². The van der Waals surface area contributed by atoms with Crippen molar-refractivity contribution in [2.45, 2.75) is 37.2 Å². The molecule has 1 amide bonds. The van der Waals surface area contributed by atoms with Crippen molar-refractivity contribution in [2.24, 2.45) is 0 Å². The summed E-state index contributed by atoms with van der Waals surface area (Å²) in [5.41, 5.74) is 2.47. The highest BCUT2D eigenvalue weighted by Crippen LogP contribution is 2.16. The SMILES string of the molecule is CSc1ccc(CN(C)C(C)C(=O)NCC(C)c2ccccc2)cc1. The Balaban J connectivity index is 1.83. The molecule has 1 N–H and O–H groups in total. The molecule has 0 aliphatic heterocycles. The van der Waals surface area contributed by atoms with Gasteiger partial charge in [0.2, 0.25) is 5.91 Å². The second-order valence-electron chi connectivity index (χ2n) is 6.50. The lowest BCUT2D eigenvalue weighted by Gasteiger charge is -2.25. The van der Waals surface area contributed by atoms with Gasteiger partial charge >= 0.3 is 0 Å². The van der Waals surface area contributed by atoms with Crippen molar-refractivity contribution in [1.29, 1.82) is 0 Å². The van der Waals surface area contributed by atoms with E-state index in [1.165, 1.54) is 16.0 Å². The Bertz CT molecular complexity index is 657. The Hall–Kier alpha value is -1.78. The first kappa shape index (κ1) is 19.5. The summed E-state index contributed by atoms with van der Waals surface area (Å²) < 4.78 is 0. The summed E-state index contributed by atoms with van der Waals surface area (Å²) in [6, 6.07) is 18.6. The zero-order valence-corrected chi connectivity index (χ0v) is 16.3. The Morgan fingerprint density at radius 2 is 1.72 bits per heavy atom. The molecule has 0 saturated carbocycles. The summed E-state index contributed by atoms with van der Waals surface area (Å²) in [6.45, 7) is 5.51. The van der Waals surface area contributed by atoms with Crippen molar-refractivity contribution in [3.05, 3.63) is 65.7 Å². The average molecular weight is 357 g/mol. The number of nitrogens with one attached hydrogen (secondary N) is 1. The minimum absolute atomic E-state index is 0.0750. The lowest BCUT2D eigenvalue weighted by atomic mass is 10.0. The second-order valence-corrected chi connectivity index (χ2v) is 7.38. The number of carbonyl (C=O) groups is 1. The van der Waals surface area contributed by atoms with Crippen molar-refractivity contribution in [1.82, 2.24) is 10.2 Å². The van der Waals surface area contributed by atoms with Crippen LogP contribution in [0.15, 0.2) is 59.5 Å². The lowest BCUT2D eigenvalue weighted by Crippen LogP contribution is -2.43. The molecule has 2 unspecified atom stereocenters. The van der Waals surface area contributed by atoms with Crippen molar-refractivity contribution in [3.63, 3.8) is 0 Å². The number of hydrogen-bond donors (Lipinski definition) is 1. The van der Waals surface area contributed by atoms with Gasteiger partial charge in [-0.3, -0.25) is 9.69 Å². The molecule has 2 atom stereocenters. The molecule has 0 aliphatic rings. The Kier molecular flexibility index (Phi) is 7.53. The van der Waals surface area contributed by atoms with Gasteiger partial charge in [-0.25, -0.2) is 0 Å². The smallest absolute Gasteiger partial charge is 0.237 e. The van der Waals surface area contributed by atoms with Crippen LogP contribution >= 0.6 is 11.8 Å². The highest BCUT2D eigenvalue weighted by Gasteiger charge is 2.18. The third-order valence-electron chi connectivity index (χ3n) is 4.58. The van der Waals surface area contributed by atoms with Crippen LogP contribution in [0.2, 0.25) is 0 Å². The van der Waals surface area contributed by atoms with Gasteiger partial charge < -0.3 is 5.32 Å². The Labute approximate surface area is 155 Å². The van der Waals surface area contributed by atoms with Crippen LogP contribution in [0.25, 0.3) is 0 Å². The second kappa shape index (κ2) is 9.64. The van der Waals surface area contributed by atoms with Crippen molar-refractivity contribution < 1.29 is 4.79 Å². The minimum Gasteiger partial charge on any atom is -0.354 e. The predicted molar refractivity (Wildman–Crippen MR) is 107 cm³/mol. The largest absolute Gasteiger partial charge is 0.354 e. The Morgan fingerprint density at radius 3 is 2.32 bits per heavy atom. The molecule has 0 bridgehead atoms. The monoisotopic (exact) mass is 356 g/mol. The van der Waals surface area contributed by atoms with E-state index in [1.54, 1.807) is 11.8 Å². The molecule has 3 nitrogen and oxygen atoms in total. The fourth-order valence-electron chi connectivity index (χ4n) is 2.66. The van der Waals surface area contributed by atoms with Crippen molar-refractivity contribution in [3.8, 4) is 0 Å². The van der Waals surface area contributed by atoms with Crippen LogP contribution in [0, 0.1) is 0 Å². The molecular formula is C21H28N2OS. The quantitative estimate of drug-likeness (QED) is 0.721. The molecule has 0 radical (unpaired) electrons.